The Morgan fingerprint density at radius 3 is 2.88 bits per heavy atom. The second kappa shape index (κ2) is 9.92. The van der Waals surface area contributed by atoms with Crippen molar-refractivity contribution >= 4 is 23.5 Å². The number of allylic oxidation sites excluding steroid dienone is 1. The molecule has 1 atom stereocenters. The summed E-state index contributed by atoms with van der Waals surface area (Å²) in [4.78, 5) is 14.0. The Labute approximate surface area is 156 Å². The molecule has 1 aromatic carbocycles. The molecule has 0 radical (unpaired) electrons. The number of methoxy groups -OCH3 is 1. The van der Waals surface area contributed by atoms with Crippen molar-refractivity contribution in [3.8, 4) is 5.75 Å². The average molecular weight is 354 g/mol. The highest BCUT2D eigenvalue weighted by Gasteiger charge is 2.26. The molecule has 1 saturated heterocycles. The number of fused-ring (bicyclic) bond motifs is 1. The first-order valence-electron chi connectivity index (χ1n) is 9.04. The minimum Gasteiger partial charge on any atom is -0.497 e. The molecule has 5 heteroatoms. The third-order valence-electron chi connectivity index (χ3n) is 4.71. The number of aliphatic imine (C=N–C) groups is 2. The van der Waals surface area contributed by atoms with Gasteiger partial charge in [0.25, 0.3) is 0 Å². The van der Waals surface area contributed by atoms with Crippen molar-refractivity contribution in [3.63, 3.8) is 0 Å². The number of ether oxygens (including phenoxy) is 1. The molecule has 26 heavy (non-hydrogen) atoms. The van der Waals surface area contributed by atoms with E-state index in [0.29, 0.717) is 6.04 Å². The van der Waals surface area contributed by atoms with Crippen LogP contribution in [0.5, 0.6) is 5.75 Å². The maximum absolute atomic E-state index is 5.36. The normalized spacial score (nSPS) is 17.7. The van der Waals surface area contributed by atoms with Crippen molar-refractivity contribution in [1.29, 1.82) is 0 Å². The smallest absolute Gasteiger partial charge is 0.136 e. The fourth-order valence-corrected chi connectivity index (χ4v) is 3.41. The summed E-state index contributed by atoms with van der Waals surface area (Å²) >= 11 is 0. The van der Waals surface area contributed by atoms with Gasteiger partial charge in [-0.05, 0) is 63.2 Å². The van der Waals surface area contributed by atoms with Crippen molar-refractivity contribution in [1.82, 2.24) is 9.88 Å². The van der Waals surface area contributed by atoms with Crippen LogP contribution in [0, 0.1) is 0 Å². The Balaban J connectivity index is 0.000000758. The van der Waals surface area contributed by atoms with Gasteiger partial charge >= 0.3 is 0 Å². The van der Waals surface area contributed by atoms with Crippen LogP contribution in [0.4, 0.5) is 0 Å². The van der Waals surface area contributed by atoms with Crippen LogP contribution >= 0.6 is 0 Å². The largest absolute Gasteiger partial charge is 0.497 e. The minimum absolute atomic E-state index is 0.527. The third kappa shape index (κ3) is 4.82. The lowest BCUT2D eigenvalue weighted by molar-refractivity contribution is 0.287. The van der Waals surface area contributed by atoms with Gasteiger partial charge in [-0.15, -0.1) is 6.58 Å². The Bertz CT molecular complexity index is 762. The quantitative estimate of drug-likeness (QED) is 0.499. The Kier molecular flexibility index (Phi) is 7.60. The third-order valence-corrected chi connectivity index (χ3v) is 4.71. The van der Waals surface area contributed by atoms with E-state index in [9.17, 15) is 0 Å². The van der Waals surface area contributed by atoms with Crippen molar-refractivity contribution < 1.29 is 4.74 Å². The minimum atomic E-state index is 0.527. The zero-order valence-electron chi connectivity index (χ0n) is 16.2. The first-order chi connectivity index (χ1) is 12.7. The van der Waals surface area contributed by atoms with Gasteiger partial charge < -0.3 is 9.72 Å². The molecule has 5 nitrogen and oxygen atoms in total. The first kappa shape index (κ1) is 19.9. The highest BCUT2D eigenvalue weighted by molar-refractivity contribution is 5.88. The van der Waals surface area contributed by atoms with Gasteiger partial charge in [0, 0.05) is 30.2 Å². The summed E-state index contributed by atoms with van der Waals surface area (Å²) in [5, 5.41) is 1.25. The Morgan fingerprint density at radius 2 is 2.23 bits per heavy atom. The van der Waals surface area contributed by atoms with Gasteiger partial charge in [0.1, 0.15) is 11.6 Å². The molecule has 0 spiro atoms. The van der Waals surface area contributed by atoms with Gasteiger partial charge in [0.2, 0.25) is 0 Å². The van der Waals surface area contributed by atoms with Crippen molar-refractivity contribution in [3.05, 3.63) is 42.6 Å². The second-order valence-electron chi connectivity index (χ2n) is 6.40. The standard InChI is InChI=1S/C18H24N4O.C3H6/c1-19-18(20-2)12-22-8-4-5-14(22)9-13-11-21-17-7-6-15(23-3)10-16(13)17;1-3-2/h6-7,10-11,14,21H,1,4-5,8-9,12H2,2-3H3;3H,1H2,2H3. The lowest BCUT2D eigenvalue weighted by Crippen LogP contribution is -2.35. The lowest BCUT2D eigenvalue weighted by Gasteiger charge is -2.23. The molecule has 1 aromatic heterocycles. The van der Waals surface area contributed by atoms with Crippen LogP contribution < -0.4 is 4.74 Å². The number of nitrogens with zero attached hydrogens (tertiary/aromatic N) is 3. The van der Waals surface area contributed by atoms with Gasteiger partial charge in [-0.1, -0.05) is 6.08 Å². The van der Waals surface area contributed by atoms with Crippen molar-refractivity contribution in [2.24, 2.45) is 9.98 Å². The number of amidine groups is 1. The van der Waals surface area contributed by atoms with Crippen LogP contribution in [0.25, 0.3) is 10.9 Å². The van der Waals surface area contributed by atoms with Gasteiger partial charge in [0.05, 0.1) is 13.7 Å². The second-order valence-corrected chi connectivity index (χ2v) is 6.40. The molecule has 1 aliphatic rings. The molecule has 1 fully saturated rings. The summed E-state index contributed by atoms with van der Waals surface area (Å²) in [5.74, 6) is 1.72. The van der Waals surface area contributed by atoms with Crippen LogP contribution in [0.15, 0.2) is 47.0 Å². The number of benzene rings is 1. The molecule has 3 rings (SSSR count). The van der Waals surface area contributed by atoms with Gasteiger partial charge in [-0.2, -0.15) is 0 Å². The predicted octanol–water partition coefficient (Wildman–Crippen LogP) is 4.10. The number of likely N-dealkylation sites (tertiary alicyclic amines) is 1. The molecular weight excluding hydrogens is 324 g/mol. The Hall–Kier alpha value is -2.40. The molecule has 0 aliphatic carbocycles. The van der Waals surface area contributed by atoms with E-state index in [1.807, 2.05) is 13.0 Å². The molecular formula is C21H30N4O. The number of rotatable bonds is 5. The topological polar surface area (TPSA) is 53.0 Å². The average Bonchev–Trinajstić information content (AvgIpc) is 3.27. The molecule has 0 amide bonds. The van der Waals surface area contributed by atoms with Gasteiger partial charge in [-0.25, -0.2) is 4.99 Å². The van der Waals surface area contributed by atoms with E-state index in [4.69, 9.17) is 4.74 Å². The summed E-state index contributed by atoms with van der Waals surface area (Å²) in [6.45, 7) is 10.7. The number of aromatic amines is 1. The van der Waals surface area contributed by atoms with Crippen LogP contribution in [0.3, 0.4) is 0 Å². The molecule has 1 aliphatic heterocycles. The van der Waals surface area contributed by atoms with Crippen molar-refractivity contribution in [2.75, 3.05) is 27.2 Å². The molecule has 2 aromatic rings. The molecule has 2 heterocycles. The number of aromatic nitrogens is 1. The highest BCUT2D eigenvalue weighted by Crippen LogP contribution is 2.28. The van der Waals surface area contributed by atoms with Gasteiger partial charge in [-0.3, -0.25) is 9.89 Å². The van der Waals surface area contributed by atoms with Crippen LogP contribution in [-0.4, -0.2) is 55.7 Å². The van der Waals surface area contributed by atoms with E-state index in [1.165, 1.54) is 23.8 Å². The fourth-order valence-electron chi connectivity index (χ4n) is 3.41. The SMILES string of the molecule is C=CC.C=NC(CN1CCCC1Cc1c[nH]c2ccc(OC)cc12)=NC. The monoisotopic (exact) mass is 354 g/mol. The van der Waals surface area contributed by atoms with Crippen LogP contribution in [0.1, 0.15) is 25.3 Å². The zero-order valence-corrected chi connectivity index (χ0v) is 16.2. The number of H-pyrrole nitrogens is 1. The molecule has 0 saturated carbocycles. The fraction of sp³-hybridized carbons (Fsp3) is 0.429. The highest BCUT2D eigenvalue weighted by atomic mass is 16.5. The molecule has 1 N–H and O–H groups in total. The van der Waals surface area contributed by atoms with Crippen LogP contribution in [-0.2, 0) is 6.42 Å². The summed E-state index contributed by atoms with van der Waals surface area (Å²) in [5.41, 5.74) is 2.51. The summed E-state index contributed by atoms with van der Waals surface area (Å²) in [6, 6.07) is 6.71. The maximum atomic E-state index is 5.36. The van der Waals surface area contributed by atoms with E-state index in [2.05, 4.69) is 51.5 Å². The number of hydrogen-bond donors (Lipinski definition) is 1. The molecule has 0 bridgehead atoms. The zero-order chi connectivity index (χ0) is 18.9. The summed E-state index contributed by atoms with van der Waals surface area (Å²) in [7, 11) is 3.49. The summed E-state index contributed by atoms with van der Waals surface area (Å²) < 4.78 is 5.36. The van der Waals surface area contributed by atoms with Crippen LogP contribution in [0.2, 0.25) is 0 Å². The van der Waals surface area contributed by atoms with Crippen molar-refractivity contribution in [2.45, 2.75) is 32.2 Å². The van der Waals surface area contributed by atoms with E-state index in [1.54, 1.807) is 20.2 Å². The summed E-state index contributed by atoms with van der Waals surface area (Å²) in [6.07, 6.45) is 7.34. The number of hydrogen-bond acceptors (Lipinski definition) is 3. The van der Waals surface area contributed by atoms with Gasteiger partial charge in [0.15, 0.2) is 0 Å². The van der Waals surface area contributed by atoms with E-state index < -0.39 is 0 Å². The number of nitrogens with one attached hydrogen (secondary N) is 1. The maximum Gasteiger partial charge on any atom is 0.136 e. The Morgan fingerprint density at radius 1 is 1.46 bits per heavy atom. The van der Waals surface area contributed by atoms with E-state index in [0.717, 1.165) is 36.6 Å². The predicted molar refractivity (Wildman–Crippen MR) is 112 cm³/mol. The molecule has 140 valence electrons. The first-order valence-corrected chi connectivity index (χ1v) is 9.04. The van der Waals surface area contributed by atoms with E-state index >= 15 is 0 Å². The lowest BCUT2D eigenvalue weighted by atomic mass is 10.0. The van der Waals surface area contributed by atoms with E-state index in [-0.39, 0.29) is 0 Å². The molecule has 1 unspecified atom stereocenters.